The highest BCUT2D eigenvalue weighted by Gasteiger charge is 2.33. The molecule has 0 aliphatic carbocycles. The molecule has 6 heteroatoms. The maximum absolute atomic E-state index is 13.5. The van der Waals surface area contributed by atoms with Gasteiger partial charge in [-0.1, -0.05) is 37.1 Å². The van der Waals surface area contributed by atoms with Gasteiger partial charge in [0.25, 0.3) is 5.56 Å². The molecule has 0 amide bonds. The number of halogens is 3. The van der Waals surface area contributed by atoms with E-state index in [9.17, 15) is 18.0 Å². The lowest BCUT2D eigenvalue weighted by molar-refractivity contribution is -0.138. The van der Waals surface area contributed by atoms with Crippen LogP contribution in [0.25, 0.3) is 6.08 Å². The zero-order valence-electron chi connectivity index (χ0n) is 16.5. The van der Waals surface area contributed by atoms with Gasteiger partial charge in [0, 0.05) is 10.9 Å². The van der Waals surface area contributed by atoms with Crippen LogP contribution in [0.3, 0.4) is 0 Å². The highest BCUT2D eigenvalue weighted by molar-refractivity contribution is 5.39. The van der Waals surface area contributed by atoms with Gasteiger partial charge in [-0.3, -0.25) is 9.36 Å². The van der Waals surface area contributed by atoms with Crippen molar-refractivity contribution in [1.29, 1.82) is 0 Å². The summed E-state index contributed by atoms with van der Waals surface area (Å²) in [6.07, 6.45) is -1.06. The second kappa shape index (κ2) is 8.12. The van der Waals surface area contributed by atoms with Crippen molar-refractivity contribution in [1.82, 2.24) is 4.57 Å². The molecule has 150 valence electrons. The lowest BCUT2D eigenvalue weighted by Crippen LogP contribution is -2.45. The Bertz CT molecular complexity index is 1220. The van der Waals surface area contributed by atoms with Crippen molar-refractivity contribution in [3.63, 3.8) is 0 Å². The van der Waals surface area contributed by atoms with E-state index in [2.05, 4.69) is 16.8 Å². The Morgan fingerprint density at radius 3 is 2.62 bits per heavy atom. The third kappa shape index (κ3) is 4.19. The molecular formula is C23H21F3N2O. The smallest absolute Gasteiger partial charge is 0.287 e. The Kier molecular flexibility index (Phi) is 5.78. The molecule has 0 fully saturated rings. The normalized spacial score (nSPS) is 13.6. The number of rotatable bonds is 3. The first-order valence-corrected chi connectivity index (χ1v) is 9.35. The Morgan fingerprint density at radius 2 is 1.97 bits per heavy atom. The lowest BCUT2D eigenvalue weighted by atomic mass is 10.1. The van der Waals surface area contributed by atoms with Gasteiger partial charge in [-0.2, -0.15) is 13.2 Å². The first-order valence-electron chi connectivity index (χ1n) is 9.35. The molecule has 29 heavy (non-hydrogen) atoms. The van der Waals surface area contributed by atoms with Crippen molar-refractivity contribution in [2.75, 3.05) is 0 Å². The fourth-order valence-electron chi connectivity index (χ4n) is 3.45. The molecule has 1 aromatic carbocycles. The zero-order chi connectivity index (χ0) is 21.2. The average molecular weight is 398 g/mol. The van der Waals surface area contributed by atoms with Crippen LogP contribution < -0.4 is 16.3 Å². The van der Waals surface area contributed by atoms with E-state index in [1.54, 1.807) is 13.0 Å². The molecule has 0 N–H and O–H groups in total. The molecule has 0 saturated carbocycles. The quantitative estimate of drug-likeness (QED) is 0.725. The average Bonchev–Trinajstić information content (AvgIpc) is 2.83. The van der Waals surface area contributed by atoms with Crippen LogP contribution in [-0.2, 0) is 12.7 Å². The molecule has 0 spiro atoms. The van der Waals surface area contributed by atoms with Crippen LogP contribution in [0.2, 0.25) is 0 Å². The van der Waals surface area contributed by atoms with Crippen LogP contribution in [0, 0.1) is 11.8 Å². The number of hydrogen-bond acceptors (Lipinski definition) is 2. The van der Waals surface area contributed by atoms with Gasteiger partial charge in [0.2, 0.25) is 0 Å². The number of allylic oxidation sites excluding steroid dienone is 2. The van der Waals surface area contributed by atoms with Gasteiger partial charge in [0.15, 0.2) is 0 Å². The van der Waals surface area contributed by atoms with Crippen LogP contribution in [0.1, 0.15) is 50.3 Å². The summed E-state index contributed by atoms with van der Waals surface area (Å²) < 4.78 is 41.7. The monoisotopic (exact) mass is 398 g/mol. The second-order valence-electron chi connectivity index (χ2n) is 6.82. The minimum Gasteiger partial charge on any atom is -0.287 e. The minimum atomic E-state index is -4.51. The van der Waals surface area contributed by atoms with Crippen LogP contribution in [0.4, 0.5) is 13.2 Å². The molecular weight excluding hydrogens is 377 g/mol. The number of pyridine rings is 1. The van der Waals surface area contributed by atoms with E-state index in [1.807, 2.05) is 19.9 Å². The third-order valence-corrected chi connectivity index (χ3v) is 4.98. The lowest BCUT2D eigenvalue weighted by Gasteiger charge is -2.14. The number of fused-ring (bicyclic) bond motifs is 1. The molecule has 0 saturated heterocycles. The topological polar surface area (TPSA) is 34.4 Å². The summed E-state index contributed by atoms with van der Waals surface area (Å²) in [5, 5.41) is 0.703. The van der Waals surface area contributed by atoms with Gasteiger partial charge in [-0.15, -0.1) is 5.92 Å². The van der Waals surface area contributed by atoms with Gasteiger partial charge >= 0.3 is 6.18 Å². The number of aromatic nitrogens is 1. The molecule has 1 aliphatic heterocycles. The van der Waals surface area contributed by atoms with Gasteiger partial charge in [-0.25, -0.2) is 4.99 Å². The third-order valence-electron chi connectivity index (χ3n) is 4.98. The number of benzene rings is 1. The van der Waals surface area contributed by atoms with Crippen molar-refractivity contribution in [3.8, 4) is 11.8 Å². The summed E-state index contributed by atoms with van der Waals surface area (Å²) in [4.78, 5) is 17.7. The second-order valence-corrected chi connectivity index (χ2v) is 6.82. The summed E-state index contributed by atoms with van der Waals surface area (Å²) in [7, 11) is 0. The summed E-state index contributed by atoms with van der Waals surface area (Å²) in [5.74, 6) is 5.48. The van der Waals surface area contributed by atoms with Crippen molar-refractivity contribution in [2.24, 2.45) is 4.99 Å². The summed E-state index contributed by atoms with van der Waals surface area (Å²) in [6, 6.07) is 6.97. The fourth-order valence-corrected chi connectivity index (χ4v) is 3.45. The fraction of sp³-hybridized carbons (Fsp3) is 0.304. The van der Waals surface area contributed by atoms with Gasteiger partial charge in [-0.05, 0) is 50.0 Å². The van der Waals surface area contributed by atoms with Crippen molar-refractivity contribution in [3.05, 3.63) is 79.4 Å². The molecule has 1 aliphatic rings. The highest BCUT2D eigenvalue weighted by atomic mass is 19.4. The van der Waals surface area contributed by atoms with Crippen molar-refractivity contribution < 1.29 is 13.2 Å². The van der Waals surface area contributed by atoms with E-state index in [1.165, 1.54) is 22.8 Å². The number of nitrogens with zero attached hydrogens (tertiary/aromatic N) is 2. The van der Waals surface area contributed by atoms with E-state index in [0.717, 1.165) is 23.8 Å². The molecule has 0 atom stereocenters. The zero-order valence-corrected chi connectivity index (χ0v) is 16.5. The largest absolute Gasteiger partial charge is 0.416 e. The van der Waals surface area contributed by atoms with Gasteiger partial charge < -0.3 is 0 Å². The Morgan fingerprint density at radius 1 is 1.24 bits per heavy atom. The Balaban J connectivity index is 2.33. The molecule has 3 rings (SSSR count). The summed E-state index contributed by atoms with van der Waals surface area (Å²) >= 11 is 0. The van der Waals surface area contributed by atoms with Gasteiger partial charge in [0.05, 0.1) is 17.7 Å². The first-order chi connectivity index (χ1) is 13.8. The van der Waals surface area contributed by atoms with Gasteiger partial charge in [0.1, 0.15) is 5.49 Å². The Hall–Kier alpha value is -3.07. The SMILES string of the molecule is CC#Cc1cc2c(n(Cc3ccccc3C(F)(F)F)c1=O)=NC(C)=C(CC)CC=2. The van der Waals surface area contributed by atoms with E-state index >= 15 is 0 Å². The summed E-state index contributed by atoms with van der Waals surface area (Å²) in [6.45, 7) is 5.27. The molecule has 0 bridgehead atoms. The van der Waals surface area contributed by atoms with Crippen LogP contribution in [0.15, 0.2) is 51.4 Å². The van der Waals surface area contributed by atoms with Crippen LogP contribution in [-0.4, -0.2) is 4.57 Å². The minimum absolute atomic E-state index is 0.0164. The van der Waals surface area contributed by atoms with E-state index in [-0.39, 0.29) is 17.7 Å². The Labute approximate surface area is 166 Å². The first kappa shape index (κ1) is 20.7. The molecule has 2 heterocycles. The van der Waals surface area contributed by atoms with E-state index in [0.29, 0.717) is 17.1 Å². The van der Waals surface area contributed by atoms with Crippen LogP contribution in [0.5, 0.6) is 0 Å². The van der Waals surface area contributed by atoms with Crippen molar-refractivity contribution >= 4 is 6.08 Å². The molecule has 3 nitrogen and oxygen atoms in total. The van der Waals surface area contributed by atoms with Crippen LogP contribution >= 0.6 is 0 Å². The molecule has 1 aromatic heterocycles. The van der Waals surface area contributed by atoms with Crippen molar-refractivity contribution in [2.45, 2.75) is 46.3 Å². The maximum atomic E-state index is 13.5. The summed E-state index contributed by atoms with van der Waals surface area (Å²) in [5.41, 5.74) is 1.34. The molecule has 2 aromatic rings. The predicted molar refractivity (Wildman–Crippen MR) is 107 cm³/mol. The highest BCUT2D eigenvalue weighted by Crippen LogP contribution is 2.31. The molecule has 0 radical (unpaired) electrons. The van der Waals surface area contributed by atoms with E-state index in [4.69, 9.17) is 0 Å². The maximum Gasteiger partial charge on any atom is 0.416 e. The number of hydrogen-bond donors (Lipinski definition) is 0. The molecule has 0 unspecified atom stereocenters. The predicted octanol–water partition coefficient (Wildman–Crippen LogP) is 3.77. The standard InChI is InChI=1S/C23H21F3N2O/c1-4-8-18-13-17-12-11-16(5-2)15(3)27-21(17)28(22(18)29)14-19-9-6-7-10-20(19)23(24,25)26/h6-7,9-10,12-13H,5,11,14H2,1-3H3. The van der Waals surface area contributed by atoms with E-state index < -0.39 is 17.3 Å². The number of alkyl halides is 3.